The third-order valence-corrected chi connectivity index (χ3v) is 5.00. The molecule has 0 radical (unpaired) electrons. The number of nitrogens with zero attached hydrogens (tertiary/aromatic N) is 3. The van der Waals surface area contributed by atoms with Gasteiger partial charge in [0, 0.05) is 45.3 Å². The Morgan fingerprint density at radius 3 is 2.24 bits per heavy atom. The van der Waals surface area contributed by atoms with E-state index in [4.69, 9.17) is 5.11 Å². The van der Waals surface area contributed by atoms with Crippen molar-refractivity contribution >= 4 is 12.0 Å². The van der Waals surface area contributed by atoms with E-state index in [1.807, 2.05) is 11.8 Å². The minimum Gasteiger partial charge on any atom is -0.481 e. The first-order chi connectivity index (χ1) is 9.93. The predicted molar refractivity (Wildman–Crippen MR) is 80.2 cm³/mol. The molecule has 1 N–H and O–H groups in total. The lowest BCUT2D eigenvalue weighted by Gasteiger charge is -2.39. The fourth-order valence-corrected chi connectivity index (χ4v) is 3.26. The molecule has 2 heterocycles. The zero-order valence-corrected chi connectivity index (χ0v) is 13.3. The van der Waals surface area contributed by atoms with E-state index < -0.39 is 11.9 Å². The highest BCUT2D eigenvalue weighted by Crippen LogP contribution is 2.24. The standard InChI is InChI=1S/C15H27N3O3/c1-4-12(3)16-5-7-17(8-6-16)15(21)18-9-11(2)13(10-18)14(19)20/h11-13H,4-10H2,1-3H3,(H,19,20)/t11-,12?,13-/m1/s1. The van der Waals surface area contributed by atoms with Crippen molar-refractivity contribution in [1.82, 2.24) is 14.7 Å². The van der Waals surface area contributed by atoms with Crippen LogP contribution in [0.5, 0.6) is 0 Å². The van der Waals surface area contributed by atoms with Crippen LogP contribution >= 0.6 is 0 Å². The van der Waals surface area contributed by atoms with Crippen molar-refractivity contribution < 1.29 is 14.7 Å². The van der Waals surface area contributed by atoms with Crippen LogP contribution in [0, 0.1) is 11.8 Å². The molecule has 2 aliphatic heterocycles. The molecule has 2 rings (SSSR count). The van der Waals surface area contributed by atoms with Crippen molar-refractivity contribution in [3.05, 3.63) is 0 Å². The lowest BCUT2D eigenvalue weighted by molar-refractivity contribution is -0.142. The second-order valence-electron chi connectivity index (χ2n) is 6.39. The Labute approximate surface area is 126 Å². The van der Waals surface area contributed by atoms with E-state index in [9.17, 15) is 9.59 Å². The summed E-state index contributed by atoms with van der Waals surface area (Å²) < 4.78 is 0. The van der Waals surface area contributed by atoms with Crippen molar-refractivity contribution in [3.8, 4) is 0 Å². The number of carboxylic acids is 1. The largest absolute Gasteiger partial charge is 0.481 e. The normalized spacial score (nSPS) is 28.7. The number of likely N-dealkylation sites (tertiary alicyclic amines) is 1. The molecule has 120 valence electrons. The monoisotopic (exact) mass is 297 g/mol. The van der Waals surface area contributed by atoms with Gasteiger partial charge in [-0.1, -0.05) is 13.8 Å². The molecule has 3 atom stereocenters. The lowest BCUT2D eigenvalue weighted by atomic mass is 9.99. The van der Waals surface area contributed by atoms with E-state index in [1.165, 1.54) is 0 Å². The van der Waals surface area contributed by atoms with Crippen molar-refractivity contribution in [3.63, 3.8) is 0 Å². The van der Waals surface area contributed by atoms with Gasteiger partial charge in [0.05, 0.1) is 5.92 Å². The number of carbonyl (C=O) groups is 2. The Hall–Kier alpha value is -1.30. The number of aliphatic carboxylic acids is 1. The average Bonchev–Trinajstić information content (AvgIpc) is 2.88. The van der Waals surface area contributed by atoms with Gasteiger partial charge in [-0.05, 0) is 19.3 Å². The quantitative estimate of drug-likeness (QED) is 0.849. The number of carboxylic acid groups (broad SMARTS) is 1. The molecule has 6 nitrogen and oxygen atoms in total. The third kappa shape index (κ3) is 3.48. The van der Waals surface area contributed by atoms with Gasteiger partial charge in [-0.25, -0.2) is 4.79 Å². The molecule has 2 aliphatic rings. The molecule has 0 aliphatic carbocycles. The minimum absolute atomic E-state index is 0.00871. The van der Waals surface area contributed by atoms with Crippen molar-refractivity contribution in [1.29, 1.82) is 0 Å². The first-order valence-electron chi connectivity index (χ1n) is 7.94. The second-order valence-corrected chi connectivity index (χ2v) is 6.39. The van der Waals surface area contributed by atoms with E-state index >= 15 is 0 Å². The molecule has 2 saturated heterocycles. The topological polar surface area (TPSA) is 64.1 Å². The molecule has 1 unspecified atom stereocenters. The maximum atomic E-state index is 12.5. The van der Waals surface area contributed by atoms with Gasteiger partial charge < -0.3 is 14.9 Å². The molecular formula is C15H27N3O3. The van der Waals surface area contributed by atoms with Crippen LogP contribution in [0.3, 0.4) is 0 Å². The average molecular weight is 297 g/mol. The summed E-state index contributed by atoms with van der Waals surface area (Å²) in [5, 5.41) is 9.16. The first kappa shape index (κ1) is 16.1. The number of urea groups is 1. The van der Waals surface area contributed by atoms with Gasteiger partial charge in [-0.15, -0.1) is 0 Å². The predicted octanol–water partition coefficient (Wildman–Crippen LogP) is 1.18. The van der Waals surface area contributed by atoms with E-state index in [1.54, 1.807) is 4.90 Å². The Morgan fingerprint density at radius 1 is 1.14 bits per heavy atom. The number of amides is 2. The van der Waals surface area contributed by atoms with Crippen LogP contribution in [-0.2, 0) is 4.79 Å². The number of hydrogen-bond donors (Lipinski definition) is 1. The SMILES string of the molecule is CCC(C)N1CCN(C(=O)N2C[C@@H](C)[C@H](C(=O)O)C2)CC1. The zero-order valence-electron chi connectivity index (χ0n) is 13.3. The highest BCUT2D eigenvalue weighted by molar-refractivity contribution is 5.77. The summed E-state index contributed by atoms with van der Waals surface area (Å²) in [4.78, 5) is 29.6. The number of carbonyl (C=O) groups excluding carboxylic acids is 1. The van der Waals surface area contributed by atoms with Crippen molar-refractivity contribution in [2.24, 2.45) is 11.8 Å². The second kappa shape index (κ2) is 6.64. The molecule has 21 heavy (non-hydrogen) atoms. The lowest BCUT2D eigenvalue weighted by Crippen LogP contribution is -2.54. The van der Waals surface area contributed by atoms with Gasteiger partial charge in [0.25, 0.3) is 0 Å². The Kier molecular flexibility index (Phi) is 5.08. The van der Waals surface area contributed by atoms with Crippen LogP contribution in [0.2, 0.25) is 0 Å². The van der Waals surface area contributed by atoms with Crippen LogP contribution in [0.1, 0.15) is 27.2 Å². The van der Waals surface area contributed by atoms with Gasteiger partial charge in [-0.3, -0.25) is 9.69 Å². The maximum absolute atomic E-state index is 12.5. The minimum atomic E-state index is -0.792. The van der Waals surface area contributed by atoms with Gasteiger partial charge in [0.2, 0.25) is 0 Å². The highest BCUT2D eigenvalue weighted by atomic mass is 16.4. The number of rotatable bonds is 3. The summed E-state index contributed by atoms with van der Waals surface area (Å²) in [7, 11) is 0. The first-order valence-corrected chi connectivity index (χ1v) is 7.94. The summed E-state index contributed by atoms with van der Waals surface area (Å²) in [5.74, 6) is -1.18. The van der Waals surface area contributed by atoms with Crippen LogP contribution in [0.25, 0.3) is 0 Å². The smallest absolute Gasteiger partial charge is 0.320 e. The maximum Gasteiger partial charge on any atom is 0.320 e. The molecule has 2 fully saturated rings. The molecule has 0 aromatic heterocycles. The van der Waals surface area contributed by atoms with Gasteiger partial charge in [0.15, 0.2) is 0 Å². The van der Waals surface area contributed by atoms with Crippen molar-refractivity contribution in [2.45, 2.75) is 33.2 Å². The summed E-state index contributed by atoms with van der Waals surface area (Å²) in [6.45, 7) is 10.5. The molecular weight excluding hydrogens is 270 g/mol. The van der Waals surface area contributed by atoms with E-state index in [2.05, 4.69) is 18.7 Å². The van der Waals surface area contributed by atoms with Crippen LogP contribution in [0.15, 0.2) is 0 Å². The van der Waals surface area contributed by atoms with Crippen molar-refractivity contribution in [2.75, 3.05) is 39.3 Å². The van der Waals surface area contributed by atoms with Crippen LogP contribution in [0.4, 0.5) is 4.79 Å². The number of hydrogen-bond acceptors (Lipinski definition) is 3. The summed E-state index contributed by atoms with van der Waals surface area (Å²) in [6.07, 6.45) is 1.12. The number of piperazine rings is 1. The molecule has 0 bridgehead atoms. The molecule has 0 aromatic rings. The molecule has 0 saturated carbocycles. The Balaban J connectivity index is 1.87. The molecule has 2 amide bonds. The van der Waals surface area contributed by atoms with E-state index in [0.717, 1.165) is 32.6 Å². The van der Waals surface area contributed by atoms with Crippen LogP contribution in [-0.4, -0.2) is 77.1 Å². The molecule has 6 heteroatoms. The van der Waals surface area contributed by atoms with E-state index in [-0.39, 0.29) is 11.9 Å². The molecule has 0 spiro atoms. The summed E-state index contributed by atoms with van der Waals surface area (Å²) in [6, 6.07) is 0.569. The van der Waals surface area contributed by atoms with Crippen LogP contribution < -0.4 is 0 Å². The Morgan fingerprint density at radius 2 is 1.76 bits per heavy atom. The highest BCUT2D eigenvalue weighted by Gasteiger charge is 2.38. The fraction of sp³-hybridized carbons (Fsp3) is 0.867. The third-order valence-electron chi connectivity index (χ3n) is 5.00. The molecule has 0 aromatic carbocycles. The summed E-state index contributed by atoms with van der Waals surface area (Å²) in [5.41, 5.74) is 0. The zero-order chi connectivity index (χ0) is 15.6. The van der Waals surface area contributed by atoms with E-state index in [0.29, 0.717) is 19.1 Å². The summed E-state index contributed by atoms with van der Waals surface area (Å²) >= 11 is 0. The van der Waals surface area contributed by atoms with Gasteiger partial charge in [-0.2, -0.15) is 0 Å². The Bertz CT molecular complexity index is 394. The fourth-order valence-electron chi connectivity index (χ4n) is 3.26. The van der Waals surface area contributed by atoms with Gasteiger partial charge in [0.1, 0.15) is 0 Å². The van der Waals surface area contributed by atoms with Gasteiger partial charge >= 0.3 is 12.0 Å².